The smallest absolute Gasteiger partial charge is 0.0701 e. The van der Waals surface area contributed by atoms with Crippen molar-refractivity contribution in [1.29, 1.82) is 0 Å². The summed E-state index contributed by atoms with van der Waals surface area (Å²) in [5, 5.41) is 8.71. The van der Waals surface area contributed by atoms with Crippen LogP contribution in [0.3, 0.4) is 0 Å². The van der Waals surface area contributed by atoms with Gasteiger partial charge in [0.15, 0.2) is 0 Å². The zero-order valence-corrected chi connectivity index (χ0v) is 11.7. The average molecular weight is 243 g/mol. The molecule has 1 rings (SSSR count). The first-order valence-electron chi connectivity index (χ1n) is 6.96. The Labute approximate surface area is 106 Å². The van der Waals surface area contributed by atoms with E-state index < -0.39 is 0 Å². The molecule has 0 saturated carbocycles. The SMILES string of the molecule is CC(C)(C)CCCN1CCC(OCCO)CC1. The second kappa shape index (κ2) is 7.34. The number of ether oxygens (including phenoxy) is 1. The molecule has 0 aliphatic carbocycles. The number of hydrogen-bond donors (Lipinski definition) is 1. The summed E-state index contributed by atoms with van der Waals surface area (Å²) in [6.07, 6.45) is 5.21. The van der Waals surface area contributed by atoms with Crippen molar-refractivity contribution in [3.63, 3.8) is 0 Å². The van der Waals surface area contributed by atoms with Crippen LogP contribution in [0.25, 0.3) is 0 Å². The lowest BCUT2D eigenvalue weighted by atomic mass is 9.90. The van der Waals surface area contributed by atoms with Crippen molar-refractivity contribution in [2.45, 2.75) is 52.6 Å². The first-order valence-corrected chi connectivity index (χ1v) is 6.96. The van der Waals surface area contributed by atoms with Crippen molar-refractivity contribution in [1.82, 2.24) is 4.90 Å². The van der Waals surface area contributed by atoms with Crippen molar-refractivity contribution < 1.29 is 9.84 Å². The van der Waals surface area contributed by atoms with E-state index >= 15 is 0 Å². The minimum atomic E-state index is 0.145. The molecule has 1 N–H and O–H groups in total. The van der Waals surface area contributed by atoms with Crippen molar-refractivity contribution in [3.8, 4) is 0 Å². The van der Waals surface area contributed by atoms with E-state index in [1.165, 1.54) is 19.4 Å². The lowest BCUT2D eigenvalue weighted by molar-refractivity contribution is -0.00815. The van der Waals surface area contributed by atoms with Crippen LogP contribution >= 0.6 is 0 Å². The Kier molecular flexibility index (Phi) is 6.45. The van der Waals surface area contributed by atoms with Gasteiger partial charge in [0.05, 0.1) is 19.3 Å². The maximum Gasteiger partial charge on any atom is 0.0701 e. The highest BCUT2D eigenvalue weighted by molar-refractivity contribution is 4.73. The summed E-state index contributed by atoms with van der Waals surface area (Å²) in [5.41, 5.74) is 0.461. The van der Waals surface area contributed by atoms with Crippen LogP contribution in [0, 0.1) is 5.41 Å². The van der Waals surface area contributed by atoms with Gasteiger partial charge in [0.25, 0.3) is 0 Å². The second-order valence-corrected chi connectivity index (χ2v) is 6.30. The largest absolute Gasteiger partial charge is 0.394 e. The molecule has 17 heavy (non-hydrogen) atoms. The van der Waals surface area contributed by atoms with Gasteiger partial charge in [-0.15, -0.1) is 0 Å². The third-order valence-corrected chi connectivity index (χ3v) is 3.38. The highest BCUT2D eigenvalue weighted by Gasteiger charge is 2.19. The van der Waals surface area contributed by atoms with Gasteiger partial charge < -0.3 is 14.7 Å². The molecule has 0 atom stereocenters. The van der Waals surface area contributed by atoms with Crippen molar-refractivity contribution in [2.24, 2.45) is 5.41 Å². The number of nitrogens with zero attached hydrogens (tertiary/aromatic N) is 1. The van der Waals surface area contributed by atoms with Crippen LogP contribution in [-0.2, 0) is 4.74 Å². The third kappa shape index (κ3) is 7.02. The molecule has 0 amide bonds. The van der Waals surface area contributed by atoms with Crippen LogP contribution in [0.15, 0.2) is 0 Å². The number of aliphatic hydroxyl groups excluding tert-OH is 1. The molecule has 1 saturated heterocycles. The van der Waals surface area contributed by atoms with Crippen LogP contribution in [-0.4, -0.2) is 49.0 Å². The molecule has 3 heteroatoms. The van der Waals surface area contributed by atoms with Crippen LogP contribution in [0.2, 0.25) is 0 Å². The molecular formula is C14H29NO2. The van der Waals surface area contributed by atoms with Gasteiger partial charge in [-0.3, -0.25) is 0 Å². The van der Waals surface area contributed by atoms with Gasteiger partial charge in [-0.25, -0.2) is 0 Å². The van der Waals surface area contributed by atoms with Crippen LogP contribution < -0.4 is 0 Å². The van der Waals surface area contributed by atoms with Crippen LogP contribution in [0.4, 0.5) is 0 Å². The normalized spacial score (nSPS) is 19.8. The Morgan fingerprint density at radius 1 is 1.24 bits per heavy atom. The summed E-state index contributed by atoms with van der Waals surface area (Å²) in [6, 6.07) is 0. The van der Waals surface area contributed by atoms with E-state index in [0.717, 1.165) is 25.9 Å². The molecule has 1 heterocycles. The molecule has 0 bridgehead atoms. The number of piperidine rings is 1. The number of rotatable bonds is 6. The minimum Gasteiger partial charge on any atom is -0.394 e. The molecule has 102 valence electrons. The first kappa shape index (κ1) is 14.9. The lowest BCUT2D eigenvalue weighted by Crippen LogP contribution is -2.38. The number of hydrogen-bond acceptors (Lipinski definition) is 3. The highest BCUT2D eigenvalue weighted by atomic mass is 16.5. The fourth-order valence-electron chi connectivity index (χ4n) is 2.35. The van der Waals surface area contributed by atoms with E-state index in [1.807, 2.05) is 0 Å². The molecule has 0 aromatic rings. The third-order valence-electron chi connectivity index (χ3n) is 3.38. The van der Waals surface area contributed by atoms with E-state index in [4.69, 9.17) is 9.84 Å². The summed E-state index contributed by atoms with van der Waals surface area (Å²) < 4.78 is 5.56. The Morgan fingerprint density at radius 3 is 2.41 bits per heavy atom. The Hall–Kier alpha value is -0.120. The van der Waals surface area contributed by atoms with Crippen molar-refractivity contribution >= 4 is 0 Å². The molecule has 0 unspecified atom stereocenters. The van der Waals surface area contributed by atoms with E-state index in [9.17, 15) is 0 Å². The minimum absolute atomic E-state index is 0.145. The summed E-state index contributed by atoms with van der Waals surface area (Å²) in [5.74, 6) is 0. The van der Waals surface area contributed by atoms with E-state index in [1.54, 1.807) is 0 Å². The van der Waals surface area contributed by atoms with Gasteiger partial charge >= 0.3 is 0 Å². The fourth-order valence-corrected chi connectivity index (χ4v) is 2.35. The summed E-state index contributed by atoms with van der Waals surface area (Å²) in [7, 11) is 0. The second-order valence-electron chi connectivity index (χ2n) is 6.30. The van der Waals surface area contributed by atoms with Crippen molar-refractivity contribution in [2.75, 3.05) is 32.8 Å². The molecular weight excluding hydrogens is 214 g/mol. The fraction of sp³-hybridized carbons (Fsp3) is 1.00. The number of aliphatic hydroxyl groups is 1. The molecule has 0 aromatic heterocycles. The molecule has 0 aromatic carbocycles. The maximum absolute atomic E-state index is 8.71. The highest BCUT2D eigenvalue weighted by Crippen LogP contribution is 2.21. The average Bonchev–Trinajstić information content (AvgIpc) is 2.26. The molecule has 1 aliphatic heterocycles. The predicted octanol–water partition coefficient (Wildman–Crippen LogP) is 2.29. The molecule has 1 fully saturated rings. The van der Waals surface area contributed by atoms with Gasteiger partial charge in [-0.1, -0.05) is 20.8 Å². The van der Waals surface area contributed by atoms with Gasteiger partial charge in [0.1, 0.15) is 0 Å². The molecule has 1 aliphatic rings. The number of likely N-dealkylation sites (tertiary alicyclic amines) is 1. The molecule has 0 spiro atoms. The van der Waals surface area contributed by atoms with E-state index in [-0.39, 0.29) is 6.61 Å². The summed E-state index contributed by atoms with van der Waals surface area (Å²) in [4.78, 5) is 2.55. The van der Waals surface area contributed by atoms with E-state index in [0.29, 0.717) is 18.1 Å². The van der Waals surface area contributed by atoms with Gasteiger partial charge in [0.2, 0.25) is 0 Å². The standard InChI is InChI=1S/C14H29NO2/c1-14(2,3)7-4-8-15-9-5-13(6-10-15)17-12-11-16/h13,16H,4-12H2,1-3H3. The summed E-state index contributed by atoms with van der Waals surface area (Å²) >= 11 is 0. The van der Waals surface area contributed by atoms with Crippen LogP contribution in [0.5, 0.6) is 0 Å². The molecule has 0 radical (unpaired) electrons. The Bertz CT molecular complexity index is 193. The maximum atomic E-state index is 8.71. The Balaban J connectivity index is 2.07. The summed E-state index contributed by atoms with van der Waals surface area (Å²) in [6.45, 7) is 11.1. The first-order chi connectivity index (χ1) is 8.01. The lowest BCUT2D eigenvalue weighted by Gasteiger charge is -2.32. The monoisotopic (exact) mass is 243 g/mol. The molecule has 3 nitrogen and oxygen atoms in total. The van der Waals surface area contributed by atoms with Crippen LogP contribution in [0.1, 0.15) is 46.5 Å². The Morgan fingerprint density at radius 2 is 1.88 bits per heavy atom. The zero-order valence-electron chi connectivity index (χ0n) is 11.7. The van der Waals surface area contributed by atoms with E-state index in [2.05, 4.69) is 25.7 Å². The van der Waals surface area contributed by atoms with Gasteiger partial charge in [-0.05, 0) is 37.6 Å². The zero-order chi connectivity index (χ0) is 12.7. The topological polar surface area (TPSA) is 32.7 Å². The van der Waals surface area contributed by atoms with Crippen molar-refractivity contribution in [3.05, 3.63) is 0 Å². The van der Waals surface area contributed by atoms with Gasteiger partial charge in [-0.2, -0.15) is 0 Å². The quantitative estimate of drug-likeness (QED) is 0.777. The predicted molar refractivity (Wildman–Crippen MR) is 71.2 cm³/mol. The van der Waals surface area contributed by atoms with Gasteiger partial charge in [0, 0.05) is 13.1 Å².